The summed E-state index contributed by atoms with van der Waals surface area (Å²) in [4.78, 5) is 4.00. The van der Waals surface area contributed by atoms with Crippen LogP contribution in [0.25, 0.3) is 0 Å². The van der Waals surface area contributed by atoms with E-state index in [1.807, 2.05) is 16.8 Å². The molecule has 0 atom stereocenters. The van der Waals surface area contributed by atoms with Crippen molar-refractivity contribution < 1.29 is 4.74 Å². The Bertz CT molecular complexity index is 519. The van der Waals surface area contributed by atoms with E-state index in [2.05, 4.69) is 17.1 Å². The molecule has 3 rings (SSSR count). The fourth-order valence-electron chi connectivity index (χ4n) is 2.01. The molecule has 82 valence electrons. The number of hydrogen-bond acceptors (Lipinski definition) is 3. The first-order valence-electron chi connectivity index (χ1n) is 5.34. The Labute approximate surface area is 93.7 Å². The fourth-order valence-corrected chi connectivity index (χ4v) is 2.01. The van der Waals surface area contributed by atoms with Crippen LogP contribution in [0.2, 0.25) is 0 Å². The second-order valence-electron chi connectivity index (χ2n) is 3.95. The Kier molecular flexibility index (Phi) is 2.06. The number of nitrogens with zero attached hydrogens (tertiary/aromatic N) is 2. The summed E-state index contributed by atoms with van der Waals surface area (Å²) >= 11 is 0. The van der Waals surface area contributed by atoms with Crippen LogP contribution in [0.1, 0.15) is 11.1 Å². The van der Waals surface area contributed by atoms with Crippen LogP contribution in [0.4, 0.5) is 5.95 Å². The van der Waals surface area contributed by atoms with Gasteiger partial charge in [0.1, 0.15) is 5.75 Å². The SMILES string of the molecule is Nc1nccn1Cc1ccc2c(c1)CCO2. The van der Waals surface area contributed by atoms with E-state index < -0.39 is 0 Å². The fraction of sp³-hybridized carbons (Fsp3) is 0.250. The Morgan fingerprint density at radius 3 is 3.19 bits per heavy atom. The van der Waals surface area contributed by atoms with Gasteiger partial charge in [-0.1, -0.05) is 12.1 Å². The average Bonchev–Trinajstić information content (AvgIpc) is 2.88. The maximum Gasteiger partial charge on any atom is 0.200 e. The van der Waals surface area contributed by atoms with E-state index in [0.717, 1.165) is 25.3 Å². The van der Waals surface area contributed by atoms with Crippen LogP contribution >= 0.6 is 0 Å². The molecule has 16 heavy (non-hydrogen) atoms. The summed E-state index contributed by atoms with van der Waals surface area (Å²) in [6.45, 7) is 1.56. The van der Waals surface area contributed by atoms with Gasteiger partial charge < -0.3 is 15.0 Å². The molecule has 2 heterocycles. The Balaban J connectivity index is 1.88. The summed E-state index contributed by atoms with van der Waals surface area (Å²) < 4.78 is 7.40. The van der Waals surface area contributed by atoms with Crippen molar-refractivity contribution >= 4 is 5.95 Å². The van der Waals surface area contributed by atoms with Crippen LogP contribution in [0.3, 0.4) is 0 Å². The van der Waals surface area contributed by atoms with Crippen molar-refractivity contribution in [2.45, 2.75) is 13.0 Å². The molecule has 2 aromatic rings. The first kappa shape index (κ1) is 9.27. The van der Waals surface area contributed by atoms with Gasteiger partial charge in [-0.15, -0.1) is 0 Å². The first-order valence-corrected chi connectivity index (χ1v) is 5.34. The molecule has 1 aliphatic heterocycles. The molecule has 1 aromatic carbocycles. The van der Waals surface area contributed by atoms with Crippen LogP contribution in [-0.4, -0.2) is 16.2 Å². The standard InChI is InChI=1S/C12H13N3O/c13-12-14-4-5-15(12)8-9-1-2-11-10(7-9)3-6-16-11/h1-2,4-5,7H,3,6,8H2,(H2,13,14). The maximum absolute atomic E-state index is 5.73. The number of rotatable bonds is 2. The van der Waals surface area contributed by atoms with Gasteiger partial charge in [-0.05, 0) is 17.2 Å². The third-order valence-corrected chi connectivity index (χ3v) is 2.85. The molecule has 0 unspecified atom stereocenters. The lowest BCUT2D eigenvalue weighted by Gasteiger charge is -2.06. The van der Waals surface area contributed by atoms with Gasteiger partial charge in [0.2, 0.25) is 0 Å². The lowest BCUT2D eigenvalue weighted by molar-refractivity contribution is 0.357. The molecule has 0 fully saturated rings. The molecular weight excluding hydrogens is 202 g/mol. The zero-order valence-electron chi connectivity index (χ0n) is 8.89. The van der Waals surface area contributed by atoms with Gasteiger partial charge in [-0.25, -0.2) is 4.98 Å². The summed E-state index contributed by atoms with van der Waals surface area (Å²) in [5, 5.41) is 0. The van der Waals surface area contributed by atoms with Gasteiger partial charge in [0.25, 0.3) is 0 Å². The maximum atomic E-state index is 5.73. The summed E-state index contributed by atoms with van der Waals surface area (Å²) in [7, 11) is 0. The largest absolute Gasteiger partial charge is 0.493 e. The van der Waals surface area contributed by atoms with Crippen molar-refractivity contribution in [3.63, 3.8) is 0 Å². The minimum Gasteiger partial charge on any atom is -0.493 e. The van der Waals surface area contributed by atoms with Crippen molar-refractivity contribution in [3.05, 3.63) is 41.7 Å². The minimum absolute atomic E-state index is 0.553. The van der Waals surface area contributed by atoms with E-state index in [9.17, 15) is 0 Å². The minimum atomic E-state index is 0.553. The average molecular weight is 215 g/mol. The third-order valence-electron chi connectivity index (χ3n) is 2.85. The van der Waals surface area contributed by atoms with Gasteiger partial charge in [0, 0.05) is 18.8 Å². The summed E-state index contributed by atoms with van der Waals surface area (Å²) in [5.41, 5.74) is 8.25. The third kappa shape index (κ3) is 1.52. The number of imidazole rings is 1. The molecule has 0 spiro atoms. The topological polar surface area (TPSA) is 53.1 Å². The molecule has 1 aromatic heterocycles. The molecule has 2 N–H and O–H groups in total. The van der Waals surface area contributed by atoms with E-state index in [0.29, 0.717) is 5.95 Å². The molecule has 1 aliphatic rings. The number of ether oxygens (including phenoxy) is 1. The molecule has 4 heteroatoms. The van der Waals surface area contributed by atoms with Crippen LogP contribution in [0, 0.1) is 0 Å². The van der Waals surface area contributed by atoms with Crippen molar-refractivity contribution in [3.8, 4) is 5.75 Å². The number of hydrogen-bond donors (Lipinski definition) is 1. The predicted octanol–water partition coefficient (Wildman–Crippen LogP) is 1.45. The molecule has 0 radical (unpaired) electrons. The zero-order chi connectivity index (χ0) is 11.0. The Morgan fingerprint density at radius 1 is 1.44 bits per heavy atom. The number of benzene rings is 1. The Hall–Kier alpha value is -1.97. The number of nitrogens with two attached hydrogens (primary N) is 1. The van der Waals surface area contributed by atoms with Gasteiger partial charge >= 0.3 is 0 Å². The van der Waals surface area contributed by atoms with E-state index in [-0.39, 0.29) is 0 Å². The number of nitrogen functional groups attached to an aromatic ring is 1. The highest BCUT2D eigenvalue weighted by Crippen LogP contribution is 2.26. The van der Waals surface area contributed by atoms with Crippen molar-refractivity contribution in [2.24, 2.45) is 0 Å². The molecule has 0 amide bonds. The Morgan fingerprint density at radius 2 is 2.38 bits per heavy atom. The van der Waals surface area contributed by atoms with Crippen LogP contribution in [0.5, 0.6) is 5.75 Å². The van der Waals surface area contributed by atoms with E-state index in [4.69, 9.17) is 10.5 Å². The first-order chi connectivity index (χ1) is 7.83. The summed E-state index contributed by atoms with van der Waals surface area (Å²) in [6, 6.07) is 6.29. The van der Waals surface area contributed by atoms with Crippen molar-refractivity contribution in [1.29, 1.82) is 0 Å². The van der Waals surface area contributed by atoms with E-state index in [1.165, 1.54) is 11.1 Å². The van der Waals surface area contributed by atoms with Gasteiger partial charge in [0.05, 0.1) is 13.2 Å². The zero-order valence-corrected chi connectivity index (χ0v) is 8.89. The number of aromatic nitrogens is 2. The lowest BCUT2D eigenvalue weighted by Crippen LogP contribution is -2.03. The molecule has 0 saturated heterocycles. The highest BCUT2D eigenvalue weighted by molar-refractivity contribution is 5.40. The molecular formula is C12H13N3O. The lowest BCUT2D eigenvalue weighted by atomic mass is 10.1. The molecule has 0 aliphatic carbocycles. The monoisotopic (exact) mass is 215 g/mol. The second kappa shape index (κ2) is 3.56. The summed E-state index contributed by atoms with van der Waals surface area (Å²) in [5.74, 6) is 1.57. The van der Waals surface area contributed by atoms with Gasteiger partial charge in [-0.2, -0.15) is 0 Å². The molecule has 0 bridgehead atoms. The number of anilines is 1. The van der Waals surface area contributed by atoms with Crippen LogP contribution in [0.15, 0.2) is 30.6 Å². The smallest absolute Gasteiger partial charge is 0.200 e. The number of fused-ring (bicyclic) bond motifs is 1. The van der Waals surface area contributed by atoms with Gasteiger partial charge in [0.15, 0.2) is 5.95 Å². The normalized spacial score (nSPS) is 13.5. The van der Waals surface area contributed by atoms with Crippen molar-refractivity contribution in [1.82, 2.24) is 9.55 Å². The van der Waals surface area contributed by atoms with Crippen molar-refractivity contribution in [2.75, 3.05) is 12.3 Å². The van der Waals surface area contributed by atoms with E-state index in [1.54, 1.807) is 6.20 Å². The quantitative estimate of drug-likeness (QED) is 0.824. The molecule has 0 saturated carbocycles. The van der Waals surface area contributed by atoms with Crippen LogP contribution in [-0.2, 0) is 13.0 Å². The van der Waals surface area contributed by atoms with E-state index >= 15 is 0 Å². The molecule has 4 nitrogen and oxygen atoms in total. The highest BCUT2D eigenvalue weighted by atomic mass is 16.5. The summed E-state index contributed by atoms with van der Waals surface area (Å²) in [6.07, 6.45) is 4.60. The highest BCUT2D eigenvalue weighted by Gasteiger charge is 2.12. The predicted molar refractivity (Wildman–Crippen MR) is 61.4 cm³/mol. The second-order valence-corrected chi connectivity index (χ2v) is 3.95. The van der Waals surface area contributed by atoms with Crippen LogP contribution < -0.4 is 10.5 Å². The van der Waals surface area contributed by atoms with Gasteiger partial charge in [-0.3, -0.25) is 0 Å².